The molecule has 2 aromatic rings. The highest BCUT2D eigenvalue weighted by atomic mass is 32.1. The smallest absolute Gasteiger partial charge is 0.410 e. The van der Waals surface area contributed by atoms with Crippen molar-refractivity contribution < 1.29 is 14.3 Å². The first-order valence-corrected chi connectivity index (χ1v) is 9.68. The predicted molar refractivity (Wildman–Crippen MR) is 100 cm³/mol. The summed E-state index contributed by atoms with van der Waals surface area (Å²) in [6, 6.07) is 8.25. The number of nitrogens with zero attached hydrogens (tertiary/aromatic N) is 2. The van der Waals surface area contributed by atoms with Crippen molar-refractivity contribution >= 4 is 27.7 Å². The van der Waals surface area contributed by atoms with Gasteiger partial charge >= 0.3 is 6.09 Å². The monoisotopic (exact) mass is 362 g/mol. The van der Waals surface area contributed by atoms with Crippen molar-refractivity contribution in [2.24, 2.45) is 0 Å². The van der Waals surface area contributed by atoms with Crippen LogP contribution in [0.5, 0.6) is 5.88 Å². The molecule has 2 heterocycles. The Labute approximate surface area is 153 Å². The van der Waals surface area contributed by atoms with E-state index in [2.05, 4.69) is 4.37 Å². The Hall–Kier alpha value is -1.82. The number of fused-ring (bicyclic) bond motifs is 1. The van der Waals surface area contributed by atoms with Gasteiger partial charge in [-0.05, 0) is 63.7 Å². The average Bonchev–Trinajstić information content (AvgIpc) is 2.97. The van der Waals surface area contributed by atoms with Gasteiger partial charge in [-0.25, -0.2) is 4.79 Å². The fourth-order valence-electron chi connectivity index (χ4n) is 3.12. The Morgan fingerprint density at radius 3 is 2.92 bits per heavy atom. The van der Waals surface area contributed by atoms with Crippen LogP contribution in [-0.4, -0.2) is 40.2 Å². The third-order valence-corrected chi connectivity index (χ3v) is 5.10. The lowest BCUT2D eigenvalue weighted by Crippen LogP contribution is -2.46. The van der Waals surface area contributed by atoms with E-state index in [9.17, 15) is 4.79 Å². The fourth-order valence-corrected chi connectivity index (χ4v) is 3.85. The quantitative estimate of drug-likeness (QED) is 0.780. The number of carbonyl (C=O) groups excluding carboxylic acids is 1. The number of hydrogen-bond acceptors (Lipinski definition) is 5. The lowest BCUT2D eigenvalue weighted by molar-refractivity contribution is 0.00741. The van der Waals surface area contributed by atoms with Crippen molar-refractivity contribution in [1.82, 2.24) is 9.27 Å². The molecule has 0 radical (unpaired) electrons. The average molecular weight is 362 g/mol. The summed E-state index contributed by atoms with van der Waals surface area (Å²) in [6.07, 6.45) is 3.76. The van der Waals surface area contributed by atoms with E-state index in [1.54, 1.807) is 0 Å². The van der Waals surface area contributed by atoms with Gasteiger partial charge in [0.05, 0.1) is 16.7 Å². The van der Waals surface area contributed by atoms with Crippen LogP contribution in [-0.2, 0) is 4.74 Å². The lowest BCUT2D eigenvalue weighted by atomic mass is 10.0. The zero-order chi connectivity index (χ0) is 17.9. The van der Waals surface area contributed by atoms with Gasteiger partial charge < -0.3 is 14.4 Å². The van der Waals surface area contributed by atoms with Crippen molar-refractivity contribution in [3.8, 4) is 5.88 Å². The molecule has 5 nitrogen and oxygen atoms in total. The first-order chi connectivity index (χ1) is 11.9. The zero-order valence-corrected chi connectivity index (χ0v) is 16.0. The summed E-state index contributed by atoms with van der Waals surface area (Å²) in [5.41, 5.74) is -0.463. The van der Waals surface area contributed by atoms with Gasteiger partial charge in [0, 0.05) is 19.0 Å². The summed E-state index contributed by atoms with van der Waals surface area (Å²) in [4.78, 5) is 14.3. The Morgan fingerprint density at radius 2 is 2.12 bits per heavy atom. The lowest BCUT2D eigenvalue weighted by Gasteiger charge is -2.36. The maximum Gasteiger partial charge on any atom is 0.410 e. The van der Waals surface area contributed by atoms with Crippen molar-refractivity contribution in [3.63, 3.8) is 0 Å². The van der Waals surface area contributed by atoms with Crippen LogP contribution in [0.25, 0.3) is 10.1 Å². The molecule has 0 spiro atoms. The Balaban J connectivity index is 1.57. The van der Waals surface area contributed by atoms with Gasteiger partial charge in [-0.1, -0.05) is 12.1 Å². The molecule has 1 aliphatic rings. The second-order valence-corrected chi connectivity index (χ2v) is 8.25. The molecular weight excluding hydrogens is 336 g/mol. The van der Waals surface area contributed by atoms with E-state index in [1.165, 1.54) is 11.5 Å². The van der Waals surface area contributed by atoms with Gasteiger partial charge in [0.2, 0.25) is 5.88 Å². The summed E-state index contributed by atoms with van der Waals surface area (Å²) >= 11 is 1.45. The van der Waals surface area contributed by atoms with Crippen LogP contribution >= 0.6 is 11.5 Å². The zero-order valence-electron chi connectivity index (χ0n) is 15.2. The first kappa shape index (κ1) is 18.0. The summed E-state index contributed by atoms with van der Waals surface area (Å²) in [7, 11) is 0. The highest BCUT2D eigenvalue weighted by Gasteiger charge is 2.30. The Bertz CT molecular complexity index is 723. The molecule has 3 rings (SSSR count). The van der Waals surface area contributed by atoms with E-state index < -0.39 is 5.60 Å². The van der Waals surface area contributed by atoms with Gasteiger partial charge in [0.15, 0.2) is 0 Å². The second kappa shape index (κ2) is 7.60. The molecule has 1 saturated heterocycles. The minimum Gasteiger partial charge on any atom is -0.477 e. The maximum absolute atomic E-state index is 12.4. The number of benzene rings is 1. The van der Waals surface area contributed by atoms with Crippen molar-refractivity contribution in [2.45, 2.75) is 58.1 Å². The molecule has 1 aliphatic heterocycles. The van der Waals surface area contributed by atoms with Gasteiger partial charge in [-0.2, -0.15) is 4.37 Å². The van der Waals surface area contributed by atoms with E-state index >= 15 is 0 Å². The minimum absolute atomic E-state index is 0.175. The summed E-state index contributed by atoms with van der Waals surface area (Å²) in [5, 5.41) is 1.06. The molecule has 25 heavy (non-hydrogen) atoms. The molecule has 1 aromatic heterocycles. The van der Waals surface area contributed by atoms with Crippen LogP contribution in [0.15, 0.2) is 24.3 Å². The van der Waals surface area contributed by atoms with Crippen molar-refractivity contribution in [1.29, 1.82) is 0 Å². The van der Waals surface area contributed by atoms with E-state index in [0.29, 0.717) is 12.5 Å². The summed E-state index contributed by atoms with van der Waals surface area (Å²) < 4.78 is 17.0. The minimum atomic E-state index is -0.463. The molecule has 0 aliphatic carbocycles. The molecule has 1 fully saturated rings. The number of carbonyl (C=O) groups is 1. The summed E-state index contributed by atoms with van der Waals surface area (Å²) in [5.74, 6) is 0.695. The second-order valence-electron chi connectivity index (χ2n) is 7.44. The van der Waals surface area contributed by atoms with Crippen LogP contribution in [0.3, 0.4) is 0 Å². The number of aromatic nitrogens is 1. The molecule has 136 valence electrons. The third-order valence-electron chi connectivity index (χ3n) is 4.29. The number of likely N-dealkylation sites (tertiary alicyclic amines) is 1. The molecule has 1 amide bonds. The molecule has 0 unspecified atom stereocenters. The van der Waals surface area contributed by atoms with Gasteiger partial charge in [0.25, 0.3) is 0 Å². The van der Waals surface area contributed by atoms with Crippen LogP contribution in [0.2, 0.25) is 0 Å². The van der Waals surface area contributed by atoms with Gasteiger partial charge in [-0.15, -0.1) is 0 Å². The number of piperidine rings is 1. The maximum atomic E-state index is 12.4. The molecular formula is C19H26N2O3S. The summed E-state index contributed by atoms with van der Waals surface area (Å²) in [6.45, 7) is 7.03. The van der Waals surface area contributed by atoms with Crippen LogP contribution < -0.4 is 4.74 Å². The highest BCUT2D eigenvalue weighted by Crippen LogP contribution is 2.29. The van der Waals surface area contributed by atoms with E-state index in [0.717, 1.165) is 42.3 Å². The topological polar surface area (TPSA) is 51.7 Å². The fraction of sp³-hybridized carbons (Fsp3) is 0.579. The number of hydrogen-bond donors (Lipinski definition) is 0. The third kappa shape index (κ3) is 4.63. The van der Waals surface area contributed by atoms with Gasteiger partial charge in [-0.3, -0.25) is 0 Å². The molecule has 1 aromatic carbocycles. The van der Waals surface area contributed by atoms with E-state index in [-0.39, 0.29) is 12.1 Å². The molecule has 0 bridgehead atoms. The highest BCUT2D eigenvalue weighted by molar-refractivity contribution is 7.13. The van der Waals surface area contributed by atoms with E-state index in [1.807, 2.05) is 49.9 Å². The molecule has 6 heteroatoms. The largest absolute Gasteiger partial charge is 0.477 e. The SMILES string of the molecule is CC(C)(C)OC(=O)N1CCCC[C@@H]1CCOc1nsc2ccccc12. The van der Waals surface area contributed by atoms with Gasteiger partial charge in [0.1, 0.15) is 5.60 Å². The first-order valence-electron chi connectivity index (χ1n) is 8.91. The Morgan fingerprint density at radius 1 is 1.32 bits per heavy atom. The predicted octanol–water partition coefficient (Wildman–Crippen LogP) is 4.85. The normalized spacial score (nSPS) is 18.4. The molecule has 0 saturated carbocycles. The van der Waals surface area contributed by atoms with Crippen LogP contribution in [0.1, 0.15) is 46.5 Å². The van der Waals surface area contributed by atoms with E-state index in [4.69, 9.17) is 9.47 Å². The molecule has 0 N–H and O–H groups in total. The van der Waals surface area contributed by atoms with Crippen LogP contribution in [0, 0.1) is 0 Å². The van der Waals surface area contributed by atoms with Crippen molar-refractivity contribution in [2.75, 3.05) is 13.2 Å². The number of rotatable bonds is 4. The number of amides is 1. The number of ether oxygens (including phenoxy) is 2. The Kier molecular flexibility index (Phi) is 5.47. The standard InChI is InChI=1S/C19H26N2O3S/c1-19(2,3)24-18(22)21-12-7-6-8-14(21)11-13-23-17-15-9-4-5-10-16(15)25-20-17/h4-5,9-10,14H,6-8,11-13H2,1-3H3/t14-/m1/s1. The molecule has 1 atom stereocenters. The van der Waals surface area contributed by atoms with Crippen molar-refractivity contribution in [3.05, 3.63) is 24.3 Å². The van der Waals surface area contributed by atoms with Crippen LogP contribution in [0.4, 0.5) is 4.79 Å².